The highest BCUT2D eigenvalue weighted by molar-refractivity contribution is 5.97. The Balaban J connectivity index is 1.86. The number of aliphatic imine (C=N–C) groups is 1. The third-order valence-electron chi connectivity index (χ3n) is 4.05. The third-order valence-corrected chi connectivity index (χ3v) is 4.05. The molecule has 1 aliphatic rings. The van der Waals surface area contributed by atoms with Crippen LogP contribution in [0.5, 0.6) is 0 Å². The van der Waals surface area contributed by atoms with Crippen molar-refractivity contribution in [2.24, 2.45) is 4.99 Å². The lowest BCUT2D eigenvalue weighted by atomic mass is 10.2. The first-order valence-electron chi connectivity index (χ1n) is 7.76. The average Bonchev–Trinajstić information content (AvgIpc) is 3.08. The largest absolute Gasteiger partial charge is 0.361 e. The molecule has 0 saturated carbocycles. The van der Waals surface area contributed by atoms with Gasteiger partial charge in [-0.25, -0.2) is 4.99 Å². The Morgan fingerprint density at radius 3 is 2.91 bits per heavy atom. The highest BCUT2D eigenvalue weighted by Crippen LogP contribution is 2.27. The van der Waals surface area contributed by atoms with E-state index in [-0.39, 0.29) is 0 Å². The van der Waals surface area contributed by atoms with Crippen LogP contribution in [-0.4, -0.2) is 24.2 Å². The molecule has 0 unspecified atom stereocenters. The van der Waals surface area contributed by atoms with Crippen molar-refractivity contribution in [2.75, 3.05) is 18.0 Å². The Morgan fingerprint density at radius 2 is 2.18 bits per heavy atom. The topological polar surface area (TPSA) is 53.7 Å². The number of guanidine groups is 1. The predicted molar refractivity (Wildman–Crippen MR) is 88.3 cm³/mol. The van der Waals surface area contributed by atoms with Crippen LogP contribution < -0.4 is 10.2 Å². The number of aryl methyl sites for hydroxylation is 2. The van der Waals surface area contributed by atoms with Gasteiger partial charge >= 0.3 is 0 Å². The molecule has 0 bridgehead atoms. The molecule has 1 N–H and O–H groups in total. The van der Waals surface area contributed by atoms with Gasteiger partial charge in [0.15, 0.2) is 5.96 Å². The van der Waals surface area contributed by atoms with Crippen LogP contribution in [0, 0.1) is 13.8 Å². The van der Waals surface area contributed by atoms with Crippen molar-refractivity contribution in [3.8, 4) is 0 Å². The molecule has 1 aliphatic heterocycles. The fourth-order valence-electron chi connectivity index (χ4n) is 2.83. The minimum atomic E-state index is 0.585. The number of fused-ring (bicyclic) bond motifs is 1. The van der Waals surface area contributed by atoms with Crippen LogP contribution in [0.25, 0.3) is 0 Å². The van der Waals surface area contributed by atoms with Crippen LogP contribution in [0.15, 0.2) is 33.8 Å². The molecule has 5 heteroatoms. The van der Waals surface area contributed by atoms with Gasteiger partial charge in [-0.3, -0.25) is 0 Å². The summed E-state index contributed by atoms with van der Waals surface area (Å²) in [5.41, 5.74) is 4.62. The number of para-hydroxylation sites is 1. The van der Waals surface area contributed by atoms with Crippen molar-refractivity contribution < 1.29 is 4.52 Å². The summed E-state index contributed by atoms with van der Waals surface area (Å²) in [6, 6.07) is 8.52. The molecular formula is C17H22N4O. The summed E-state index contributed by atoms with van der Waals surface area (Å²) in [7, 11) is 0. The summed E-state index contributed by atoms with van der Waals surface area (Å²) in [6.45, 7) is 8.38. The van der Waals surface area contributed by atoms with Crippen molar-refractivity contribution >= 4 is 11.6 Å². The van der Waals surface area contributed by atoms with Gasteiger partial charge in [-0.2, -0.15) is 0 Å². The van der Waals surface area contributed by atoms with Crippen molar-refractivity contribution in [2.45, 2.75) is 33.7 Å². The molecule has 0 saturated heterocycles. The number of hydrogen-bond donors (Lipinski definition) is 1. The second-order valence-electron chi connectivity index (χ2n) is 5.50. The van der Waals surface area contributed by atoms with Gasteiger partial charge in [0.1, 0.15) is 5.76 Å². The van der Waals surface area contributed by atoms with Crippen LogP contribution in [0.1, 0.15) is 29.5 Å². The zero-order valence-electron chi connectivity index (χ0n) is 13.4. The van der Waals surface area contributed by atoms with E-state index < -0.39 is 0 Å². The van der Waals surface area contributed by atoms with E-state index in [4.69, 9.17) is 9.52 Å². The van der Waals surface area contributed by atoms with Crippen LogP contribution in [-0.2, 0) is 13.0 Å². The molecule has 0 atom stereocenters. The molecule has 116 valence electrons. The minimum absolute atomic E-state index is 0.585. The van der Waals surface area contributed by atoms with E-state index in [1.807, 2.05) is 13.8 Å². The van der Waals surface area contributed by atoms with E-state index in [2.05, 4.69) is 46.6 Å². The first-order chi connectivity index (χ1) is 10.7. The van der Waals surface area contributed by atoms with Crippen LogP contribution in [0.3, 0.4) is 0 Å². The maximum atomic E-state index is 5.22. The first-order valence-corrected chi connectivity index (χ1v) is 7.76. The van der Waals surface area contributed by atoms with E-state index >= 15 is 0 Å². The van der Waals surface area contributed by atoms with Crippen molar-refractivity contribution in [3.05, 3.63) is 46.8 Å². The predicted octanol–water partition coefficient (Wildman–Crippen LogP) is 2.82. The summed E-state index contributed by atoms with van der Waals surface area (Å²) < 4.78 is 5.22. The molecule has 0 radical (unpaired) electrons. The molecule has 0 fully saturated rings. The highest BCUT2D eigenvalue weighted by Gasteiger charge is 2.22. The minimum Gasteiger partial charge on any atom is -0.361 e. The summed E-state index contributed by atoms with van der Waals surface area (Å²) >= 11 is 0. The molecule has 3 rings (SSSR count). The monoisotopic (exact) mass is 298 g/mol. The number of nitrogens with zero attached hydrogens (tertiary/aromatic N) is 3. The number of hydrogen-bond acceptors (Lipinski definition) is 3. The smallest absolute Gasteiger partial charge is 0.198 e. The summed E-state index contributed by atoms with van der Waals surface area (Å²) in [6.07, 6.45) is 1.06. The second-order valence-corrected chi connectivity index (χ2v) is 5.50. The Hall–Kier alpha value is -2.30. The molecule has 2 aromatic rings. The van der Waals surface area contributed by atoms with Crippen molar-refractivity contribution in [1.82, 2.24) is 10.5 Å². The zero-order chi connectivity index (χ0) is 15.5. The number of rotatable bonds is 3. The van der Waals surface area contributed by atoms with Gasteiger partial charge in [-0.1, -0.05) is 23.4 Å². The lowest BCUT2D eigenvalue weighted by Gasteiger charge is -2.22. The number of nitrogens with one attached hydrogen (secondary N) is 1. The van der Waals surface area contributed by atoms with Gasteiger partial charge in [0.25, 0.3) is 0 Å². The average molecular weight is 298 g/mol. The van der Waals surface area contributed by atoms with Crippen LogP contribution in [0.4, 0.5) is 5.69 Å². The van der Waals surface area contributed by atoms with Gasteiger partial charge in [-0.05, 0) is 38.8 Å². The van der Waals surface area contributed by atoms with Gasteiger partial charge in [0.2, 0.25) is 0 Å². The normalized spacial score (nSPS) is 14.3. The summed E-state index contributed by atoms with van der Waals surface area (Å²) in [5.74, 6) is 1.77. The molecule has 0 aliphatic carbocycles. The number of aromatic nitrogens is 1. The Bertz CT molecular complexity index is 670. The van der Waals surface area contributed by atoms with E-state index in [1.165, 1.54) is 11.3 Å². The second kappa shape index (κ2) is 6.22. The summed E-state index contributed by atoms with van der Waals surface area (Å²) in [5, 5.41) is 7.39. The Kier molecular flexibility index (Phi) is 4.13. The lowest BCUT2D eigenvalue weighted by molar-refractivity contribution is 0.392. The van der Waals surface area contributed by atoms with Crippen LogP contribution >= 0.6 is 0 Å². The quantitative estimate of drug-likeness (QED) is 0.699. The molecule has 1 aromatic carbocycles. The van der Waals surface area contributed by atoms with E-state index in [9.17, 15) is 0 Å². The number of benzene rings is 1. The van der Waals surface area contributed by atoms with Crippen LogP contribution in [0.2, 0.25) is 0 Å². The van der Waals surface area contributed by atoms with Crippen molar-refractivity contribution in [1.29, 1.82) is 0 Å². The van der Waals surface area contributed by atoms with E-state index in [0.29, 0.717) is 6.54 Å². The molecular weight excluding hydrogens is 276 g/mol. The Labute approximate surface area is 131 Å². The SMILES string of the molecule is CCNC(=NCc1c(C)noc1C)N1CCc2ccccc21. The number of anilines is 1. The molecule has 2 heterocycles. The van der Waals surface area contributed by atoms with E-state index in [0.717, 1.165) is 42.5 Å². The van der Waals surface area contributed by atoms with Gasteiger partial charge in [-0.15, -0.1) is 0 Å². The molecule has 0 spiro atoms. The molecule has 1 aromatic heterocycles. The third kappa shape index (κ3) is 2.71. The van der Waals surface area contributed by atoms with Gasteiger partial charge < -0.3 is 14.7 Å². The first kappa shape index (κ1) is 14.6. The maximum absolute atomic E-state index is 5.22. The molecule has 22 heavy (non-hydrogen) atoms. The lowest BCUT2D eigenvalue weighted by Crippen LogP contribution is -2.40. The zero-order valence-corrected chi connectivity index (χ0v) is 13.4. The fraction of sp³-hybridized carbons (Fsp3) is 0.412. The van der Waals surface area contributed by atoms with Gasteiger partial charge in [0, 0.05) is 24.3 Å². The molecule has 0 amide bonds. The Morgan fingerprint density at radius 1 is 1.36 bits per heavy atom. The molecule has 5 nitrogen and oxygen atoms in total. The standard InChI is InChI=1S/C17H22N4O/c1-4-18-17(19-11-15-12(2)20-22-13(15)3)21-10-9-14-7-5-6-8-16(14)21/h5-8H,4,9-11H2,1-3H3,(H,18,19). The van der Waals surface area contributed by atoms with E-state index in [1.54, 1.807) is 0 Å². The fourth-order valence-corrected chi connectivity index (χ4v) is 2.83. The highest BCUT2D eigenvalue weighted by atomic mass is 16.5. The maximum Gasteiger partial charge on any atom is 0.198 e. The summed E-state index contributed by atoms with van der Waals surface area (Å²) in [4.78, 5) is 7.05. The van der Waals surface area contributed by atoms with Crippen molar-refractivity contribution in [3.63, 3.8) is 0 Å². The van der Waals surface area contributed by atoms with Gasteiger partial charge in [0.05, 0.1) is 12.2 Å².